The topological polar surface area (TPSA) is 98.1 Å². The molecule has 3 aromatic rings. The summed E-state index contributed by atoms with van der Waals surface area (Å²) in [4.78, 5) is 40.3. The first-order valence-corrected chi connectivity index (χ1v) is 11.9. The van der Waals surface area contributed by atoms with Gasteiger partial charge in [0.25, 0.3) is 5.91 Å². The number of methoxy groups -OCH3 is 1. The van der Waals surface area contributed by atoms with Gasteiger partial charge in [0.1, 0.15) is 22.6 Å². The zero-order valence-electron chi connectivity index (χ0n) is 19.0. The number of likely N-dealkylation sites (tertiary alicyclic amines) is 1. The Balaban J connectivity index is 1.54. The Morgan fingerprint density at radius 2 is 2.00 bits per heavy atom. The minimum Gasteiger partial charge on any atom is -0.497 e. The zero-order chi connectivity index (χ0) is 24.1. The first-order chi connectivity index (χ1) is 16.5. The molecule has 1 N–H and O–H groups in total. The molecule has 1 saturated heterocycles. The monoisotopic (exact) mass is 482 g/mol. The lowest BCUT2D eigenvalue weighted by atomic mass is 9.96. The molecule has 1 aromatic carbocycles. The number of amides is 2. The number of hydrogen-bond acceptors (Lipinski definition) is 7. The van der Waals surface area contributed by atoms with Crippen LogP contribution < -0.4 is 10.1 Å². The van der Waals surface area contributed by atoms with Gasteiger partial charge < -0.3 is 24.1 Å². The smallest absolute Gasteiger partial charge is 0.341 e. The Morgan fingerprint density at radius 3 is 2.68 bits per heavy atom. The average molecular weight is 483 g/mol. The van der Waals surface area contributed by atoms with Gasteiger partial charge in [-0.1, -0.05) is 12.1 Å². The Bertz CT molecular complexity index is 1150. The van der Waals surface area contributed by atoms with Crippen LogP contribution in [0, 0.1) is 5.92 Å². The van der Waals surface area contributed by atoms with Crippen LogP contribution >= 0.6 is 11.3 Å². The summed E-state index contributed by atoms with van der Waals surface area (Å²) in [5.74, 6) is -0.553. The van der Waals surface area contributed by atoms with E-state index in [-0.39, 0.29) is 24.3 Å². The Hall–Kier alpha value is -3.59. The fourth-order valence-corrected chi connectivity index (χ4v) is 4.96. The highest BCUT2D eigenvalue weighted by atomic mass is 32.1. The second-order valence-corrected chi connectivity index (χ2v) is 8.77. The number of hydrogen-bond donors (Lipinski definition) is 1. The van der Waals surface area contributed by atoms with E-state index in [1.54, 1.807) is 25.0 Å². The SMILES string of the molecule is CCOC(=O)c1c(-c2ccc(OC)cc2)csc1NC(=O)C1CCCN(C(=O)c2ccoc2)C1. The fraction of sp³-hybridized carbons (Fsp3) is 0.320. The van der Waals surface area contributed by atoms with Crippen LogP contribution in [0.15, 0.2) is 52.7 Å². The van der Waals surface area contributed by atoms with Crippen molar-refractivity contribution in [1.29, 1.82) is 0 Å². The summed E-state index contributed by atoms with van der Waals surface area (Å²) in [5, 5.41) is 5.19. The van der Waals surface area contributed by atoms with Crippen LogP contribution in [0.25, 0.3) is 11.1 Å². The van der Waals surface area contributed by atoms with Crippen LogP contribution in [0.3, 0.4) is 0 Å². The van der Waals surface area contributed by atoms with Gasteiger partial charge >= 0.3 is 5.97 Å². The van der Waals surface area contributed by atoms with Crippen molar-refractivity contribution in [3.05, 3.63) is 59.4 Å². The lowest BCUT2D eigenvalue weighted by molar-refractivity contribution is -0.121. The number of anilines is 1. The molecule has 2 amide bonds. The standard InChI is InChI=1S/C25H26N2O6S/c1-3-33-25(30)21-20(16-6-8-19(31-2)9-7-16)15-34-23(21)26-22(28)17-5-4-11-27(13-17)24(29)18-10-12-32-14-18/h6-10,12,14-15,17H,3-5,11,13H2,1-2H3,(H,26,28). The molecular weight excluding hydrogens is 456 g/mol. The molecule has 178 valence electrons. The lowest BCUT2D eigenvalue weighted by Crippen LogP contribution is -2.43. The number of furan rings is 1. The lowest BCUT2D eigenvalue weighted by Gasteiger charge is -2.31. The summed E-state index contributed by atoms with van der Waals surface area (Å²) >= 11 is 1.28. The average Bonchev–Trinajstić information content (AvgIpc) is 3.54. The number of carbonyl (C=O) groups is 3. The summed E-state index contributed by atoms with van der Waals surface area (Å²) in [6.07, 6.45) is 4.24. The maximum Gasteiger partial charge on any atom is 0.341 e. The maximum atomic E-state index is 13.2. The van der Waals surface area contributed by atoms with Gasteiger partial charge in [0.05, 0.1) is 31.5 Å². The molecule has 0 saturated carbocycles. The van der Waals surface area contributed by atoms with Crippen molar-refractivity contribution in [3.63, 3.8) is 0 Å². The number of benzene rings is 1. The number of piperidine rings is 1. The van der Waals surface area contributed by atoms with Crippen LogP contribution in [-0.2, 0) is 9.53 Å². The summed E-state index contributed by atoms with van der Waals surface area (Å²) in [5.41, 5.74) is 2.29. The Morgan fingerprint density at radius 1 is 1.21 bits per heavy atom. The molecule has 1 fully saturated rings. The third kappa shape index (κ3) is 4.99. The third-order valence-corrected chi connectivity index (χ3v) is 6.65. The molecule has 8 nitrogen and oxygen atoms in total. The van der Waals surface area contributed by atoms with Gasteiger partial charge in [-0.3, -0.25) is 9.59 Å². The predicted octanol–water partition coefficient (Wildman–Crippen LogP) is 4.68. The van der Waals surface area contributed by atoms with E-state index in [0.29, 0.717) is 53.4 Å². The van der Waals surface area contributed by atoms with Crippen molar-refractivity contribution < 1.29 is 28.3 Å². The summed E-state index contributed by atoms with van der Waals surface area (Å²) in [6, 6.07) is 8.96. The van der Waals surface area contributed by atoms with Gasteiger partial charge in [-0.2, -0.15) is 0 Å². The van der Waals surface area contributed by atoms with Crippen molar-refractivity contribution >= 4 is 34.1 Å². The molecular formula is C25H26N2O6S. The number of rotatable bonds is 7. The minimum atomic E-state index is -0.495. The predicted molar refractivity (Wildman–Crippen MR) is 128 cm³/mol. The first-order valence-electron chi connectivity index (χ1n) is 11.1. The molecule has 1 unspecified atom stereocenters. The van der Waals surface area contributed by atoms with Gasteiger partial charge in [0.15, 0.2) is 0 Å². The van der Waals surface area contributed by atoms with E-state index in [2.05, 4.69) is 5.32 Å². The van der Waals surface area contributed by atoms with E-state index < -0.39 is 5.97 Å². The maximum absolute atomic E-state index is 13.2. The van der Waals surface area contributed by atoms with Gasteiger partial charge in [0.2, 0.25) is 5.91 Å². The second kappa shape index (κ2) is 10.6. The van der Waals surface area contributed by atoms with E-state index in [0.717, 1.165) is 5.56 Å². The molecule has 0 spiro atoms. The van der Waals surface area contributed by atoms with Crippen molar-refractivity contribution in [1.82, 2.24) is 4.90 Å². The van der Waals surface area contributed by atoms with Gasteiger partial charge in [0, 0.05) is 24.0 Å². The molecule has 1 atom stereocenters. The molecule has 1 aliphatic heterocycles. The molecule has 0 aliphatic carbocycles. The van der Waals surface area contributed by atoms with Crippen LogP contribution in [0.5, 0.6) is 5.75 Å². The number of ether oxygens (including phenoxy) is 2. The van der Waals surface area contributed by atoms with Crippen molar-refractivity contribution in [2.24, 2.45) is 5.92 Å². The van der Waals surface area contributed by atoms with E-state index in [9.17, 15) is 14.4 Å². The number of nitrogens with zero attached hydrogens (tertiary/aromatic N) is 1. The van der Waals surface area contributed by atoms with Crippen molar-refractivity contribution in [2.45, 2.75) is 19.8 Å². The van der Waals surface area contributed by atoms with Crippen LogP contribution in [0.2, 0.25) is 0 Å². The summed E-state index contributed by atoms with van der Waals surface area (Å²) in [7, 11) is 1.59. The van der Waals surface area contributed by atoms with Gasteiger partial charge in [-0.25, -0.2) is 4.79 Å². The largest absolute Gasteiger partial charge is 0.497 e. The highest BCUT2D eigenvalue weighted by Crippen LogP contribution is 2.37. The summed E-state index contributed by atoms with van der Waals surface area (Å²) in [6.45, 7) is 2.85. The fourth-order valence-electron chi connectivity index (χ4n) is 4.00. The molecule has 2 aromatic heterocycles. The van der Waals surface area contributed by atoms with E-state index in [1.807, 2.05) is 29.6 Å². The van der Waals surface area contributed by atoms with E-state index in [4.69, 9.17) is 13.9 Å². The molecule has 9 heteroatoms. The van der Waals surface area contributed by atoms with Crippen molar-refractivity contribution in [2.75, 3.05) is 32.1 Å². The number of esters is 1. The van der Waals surface area contributed by atoms with E-state index in [1.165, 1.54) is 23.9 Å². The van der Waals surface area contributed by atoms with Crippen molar-refractivity contribution in [3.8, 4) is 16.9 Å². The number of carbonyl (C=O) groups excluding carboxylic acids is 3. The Kier molecular flexibility index (Phi) is 7.32. The third-order valence-electron chi connectivity index (χ3n) is 5.76. The molecule has 1 aliphatic rings. The number of thiophene rings is 1. The molecule has 0 radical (unpaired) electrons. The number of nitrogens with one attached hydrogen (secondary N) is 1. The first kappa shape index (κ1) is 23.6. The molecule has 4 rings (SSSR count). The normalized spacial score (nSPS) is 15.6. The Labute approximate surface area is 201 Å². The van der Waals surface area contributed by atoms with Crippen LogP contribution in [-0.4, -0.2) is 49.5 Å². The molecule has 34 heavy (non-hydrogen) atoms. The zero-order valence-corrected chi connectivity index (χ0v) is 19.9. The highest BCUT2D eigenvalue weighted by Gasteiger charge is 2.31. The molecule has 3 heterocycles. The van der Waals surface area contributed by atoms with Gasteiger partial charge in [-0.05, 0) is 43.5 Å². The minimum absolute atomic E-state index is 0.156. The summed E-state index contributed by atoms with van der Waals surface area (Å²) < 4.78 is 15.5. The van der Waals surface area contributed by atoms with Crippen LogP contribution in [0.4, 0.5) is 5.00 Å². The quantitative estimate of drug-likeness (QED) is 0.491. The highest BCUT2D eigenvalue weighted by molar-refractivity contribution is 7.15. The van der Waals surface area contributed by atoms with E-state index >= 15 is 0 Å². The van der Waals surface area contributed by atoms with Crippen LogP contribution in [0.1, 0.15) is 40.5 Å². The molecule has 0 bridgehead atoms. The second-order valence-electron chi connectivity index (χ2n) is 7.89. The van der Waals surface area contributed by atoms with Gasteiger partial charge in [-0.15, -0.1) is 11.3 Å².